The Kier molecular flexibility index (Phi) is 6.21. The molecule has 51 heavy (non-hydrogen) atoms. The Hall–Kier alpha value is -7.26. The van der Waals surface area contributed by atoms with Crippen LogP contribution in [-0.2, 0) is 0 Å². The lowest BCUT2D eigenvalue weighted by Gasteiger charge is -2.22. The number of hydrogen-bond donors (Lipinski definition) is 8. The fourth-order valence-electron chi connectivity index (χ4n) is 7.42. The van der Waals surface area contributed by atoms with Gasteiger partial charge in [0.1, 0.15) is 11.2 Å². The van der Waals surface area contributed by atoms with Crippen LogP contribution in [0.5, 0.6) is 46.0 Å². The molecule has 9 aromatic rings. The molecule has 0 amide bonds. The lowest BCUT2D eigenvalue weighted by atomic mass is 9.83. The van der Waals surface area contributed by atoms with Gasteiger partial charge in [-0.3, -0.25) is 0 Å². The number of furan rings is 1. The first kappa shape index (κ1) is 29.8. The van der Waals surface area contributed by atoms with E-state index in [1.54, 1.807) is 48.5 Å². The van der Waals surface area contributed by atoms with Crippen LogP contribution in [0, 0.1) is 0 Å². The Bertz CT molecular complexity index is 2850. The molecule has 1 heterocycles. The Morgan fingerprint density at radius 1 is 0.333 bits per heavy atom. The van der Waals surface area contributed by atoms with Crippen molar-refractivity contribution in [3.8, 4) is 79.4 Å². The third kappa shape index (κ3) is 4.03. The predicted molar refractivity (Wildman–Crippen MR) is 196 cm³/mol. The second-order valence-electron chi connectivity index (χ2n) is 12.4. The van der Waals surface area contributed by atoms with Crippen LogP contribution < -0.4 is 0 Å². The van der Waals surface area contributed by atoms with Gasteiger partial charge in [-0.1, -0.05) is 91.0 Å². The number of rotatable bonds is 3. The van der Waals surface area contributed by atoms with Crippen LogP contribution in [0.3, 0.4) is 0 Å². The summed E-state index contributed by atoms with van der Waals surface area (Å²) in [6.45, 7) is 0. The Morgan fingerprint density at radius 3 is 1.31 bits per heavy atom. The fourth-order valence-corrected chi connectivity index (χ4v) is 7.42. The van der Waals surface area contributed by atoms with Crippen molar-refractivity contribution in [2.75, 3.05) is 0 Å². The maximum Gasteiger partial charge on any atom is 0.204 e. The molecule has 9 heteroatoms. The molecule has 0 radical (unpaired) electrons. The molecule has 0 saturated heterocycles. The minimum Gasteiger partial charge on any atom is -0.504 e. The van der Waals surface area contributed by atoms with E-state index in [0.29, 0.717) is 27.7 Å². The van der Waals surface area contributed by atoms with E-state index in [0.717, 1.165) is 27.3 Å². The van der Waals surface area contributed by atoms with Gasteiger partial charge in [-0.2, -0.15) is 0 Å². The number of phenolic OH excluding ortho intramolecular Hbond substituents is 8. The van der Waals surface area contributed by atoms with Crippen LogP contribution in [0.4, 0.5) is 0 Å². The van der Waals surface area contributed by atoms with Gasteiger partial charge in [-0.15, -0.1) is 0 Å². The van der Waals surface area contributed by atoms with E-state index in [-0.39, 0.29) is 32.7 Å². The summed E-state index contributed by atoms with van der Waals surface area (Å²) in [6, 6.07) is 33.1. The maximum absolute atomic E-state index is 11.6. The van der Waals surface area contributed by atoms with Crippen molar-refractivity contribution in [1.82, 2.24) is 0 Å². The van der Waals surface area contributed by atoms with Crippen molar-refractivity contribution < 1.29 is 45.3 Å². The van der Waals surface area contributed by atoms with Gasteiger partial charge in [0, 0.05) is 49.0 Å². The number of aromatic hydroxyl groups is 8. The monoisotopic (exact) mass is 674 g/mol. The molecule has 8 N–H and O–H groups in total. The van der Waals surface area contributed by atoms with E-state index in [1.165, 1.54) is 0 Å². The third-order valence-electron chi connectivity index (χ3n) is 9.69. The largest absolute Gasteiger partial charge is 0.504 e. The van der Waals surface area contributed by atoms with Crippen LogP contribution in [0.25, 0.3) is 87.6 Å². The number of phenols is 8. The molecule has 0 aliphatic carbocycles. The molecule has 9 nitrogen and oxygen atoms in total. The van der Waals surface area contributed by atoms with Crippen molar-refractivity contribution in [2.45, 2.75) is 0 Å². The first-order valence-corrected chi connectivity index (χ1v) is 15.9. The Morgan fingerprint density at radius 2 is 0.784 bits per heavy atom. The third-order valence-corrected chi connectivity index (χ3v) is 9.69. The molecule has 1 aromatic heterocycles. The molecule has 248 valence electrons. The zero-order valence-electron chi connectivity index (χ0n) is 26.4. The van der Waals surface area contributed by atoms with Gasteiger partial charge in [0.05, 0.1) is 0 Å². The predicted octanol–water partition coefficient (Wildman–Crippen LogP) is 9.69. The van der Waals surface area contributed by atoms with E-state index < -0.39 is 46.0 Å². The molecule has 0 aliphatic heterocycles. The number of hydrogen-bond acceptors (Lipinski definition) is 9. The molecule has 0 unspecified atom stereocenters. The minimum absolute atomic E-state index is 0.00985. The maximum atomic E-state index is 11.6. The van der Waals surface area contributed by atoms with E-state index in [1.807, 2.05) is 60.7 Å². The van der Waals surface area contributed by atoms with Gasteiger partial charge in [-0.25, -0.2) is 0 Å². The molecule has 0 saturated carbocycles. The smallest absolute Gasteiger partial charge is 0.204 e. The normalized spacial score (nSPS) is 11.8. The van der Waals surface area contributed by atoms with Gasteiger partial charge >= 0.3 is 0 Å². The SMILES string of the molecule is Oc1c(O)c(O)c2c(-c3ccc4oc5c(-c6ccccc6)c6ccccc6cc5c4c3)c3c(O)c(O)c(O)c(O)c3c(-c3ccccc3)c2c1O. The van der Waals surface area contributed by atoms with Gasteiger partial charge in [-0.05, 0) is 45.7 Å². The second-order valence-corrected chi connectivity index (χ2v) is 12.4. The molecular formula is C42H26O9. The van der Waals surface area contributed by atoms with E-state index in [4.69, 9.17) is 4.42 Å². The first-order chi connectivity index (χ1) is 24.7. The summed E-state index contributed by atoms with van der Waals surface area (Å²) in [4.78, 5) is 0. The average molecular weight is 675 g/mol. The Balaban J connectivity index is 1.50. The van der Waals surface area contributed by atoms with Crippen LogP contribution in [-0.4, -0.2) is 40.9 Å². The highest BCUT2D eigenvalue weighted by atomic mass is 16.4. The van der Waals surface area contributed by atoms with E-state index in [9.17, 15) is 40.9 Å². The van der Waals surface area contributed by atoms with E-state index >= 15 is 0 Å². The lowest BCUT2D eigenvalue weighted by molar-refractivity contribution is 0.350. The molecular weight excluding hydrogens is 648 g/mol. The summed E-state index contributed by atoms with van der Waals surface area (Å²) in [5, 5.41) is 91.8. The fraction of sp³-hybridized carbons (Fsp3) is 0. The molecule has 0 fully saturated rings. The average Bonchev–Trinajstić information content (AvgIpc) is 3.53. The molecule has 9 rings (SSSR count). The Labute approximate surface area is 287 Å². The summed E-state index contributed by atoms with van der Waals surface area (Å²) in [6.07, 6.45) is 0. The van der Waals surface area contributed by atoms with Crippen LogP contribution >= 0.6 is 0 Å². The van der Waals surface area contributed by atoms with Gasteiger partial charge in [0.15, 0.2) is 23.0 Å². The van der Waals surface area contributed by atoms with Crippen molar-refractivity contribution in [3.63, 3.8) is 0 Å². The van der Waals surface area contributed by atoms with Crippen LogP contribution in [0.15, 0.2) is 114 Å². The van der Waals surface area contributed by atoms with Crippen molar-refractivity contribution in [3.05, 3.63) is 109 Å². The summed E-state index contributed by atoms with van der Waals surface area (Å²) < 4.78 is 6.52. The number of benzene rings is 8. The summed E-state index contributed by atoms with van der Waals surface area (Å²) in [7, 11) is 0. The standard InChI is InChI=1S/C42H26O9/c43-34-30-28(20-11-5-2-6-12-20)31-33(37(46)41(50)39(48)35(31)44)29(32(30)36(45)40(49)38(34)47)22-15-16-26-24(18-22)25-17-21-13-7-8-14-23(21)27(42(25)51-26)19-9-3-1-4-10-19/h1-18,43-50H. The molecule has 0 spiro atoms. The topological polar surface area (TPSA) is 175 Å². The zero-order chi connectivity index (χ0) is 35.3. The first-order valence-electron chi connectivity index (χ1n) is 15.9. The lowest BCUT2D eigenvalue weighted by Crippen LogP contribution is -1.94. The van der Waals surface area contributed by atoms with Crippen molar-refractivity contribution >= 4 is 54.3 Å². The second kappa shape index (κ2) is 10.6. The van der Waals surface area contributed by atoms with Gasteiger partial charge in [0.25, 0.3) is 0 Å². The minimum atomic E-state index is -1.03. The summed E-state index contributed by atoms with van der Waals surface area (Å²) >= 11 is 0. The number of fused-ring (bicyclic) bond motifs is 6. The van der Waals surface area contributed by atoms with Gasteiger partial charge < -0.3 is 45.3 Å². The van der Waals surface area contributed by atoms with E-state index in [2.05, 4.69) is 0 Å². The molecule has 0 bridgehead atoms. The summed E-state index contributed by atoms with van der Waals surface area (Å²) in [5.74, 6) is -7.44. The quantitative estimate of drug-likeness (QED) is 0.0515. The van der Waals surface area contributed by atoms with Crippen LogP contribution in [0.1, 0.15) is 0 Å². The highest BCUT2D eigenvalue weighted by molar-refractivity contribution is 6.29. The zero-order valence-corrected chi connectivity index (χ0v) is 26.4. The highest BCUT2D eigenvalue weighted by Crippen LogP contribution is 2.62. The van der Waals surface area contributed by atoms with Crippen molar-refractivity contribution in [2.24, 2.45) is 0 Å². The molecule has 0 atom stereocenters. The van der Waals surface area contributed by atoms with Gasteiger partial charge in [0.2, 0.25) is 23.0 Å². The highest BCUT2D eigenvalue weighted by Gasteiger charge is 2.32. The molecule has 8 aromatic carbocycles. The van der Waals surface area contributed by atoms with Crippen molar-refractivity contribution in [1.29, 1.82) is 0 Å². The molecule has 0 aliphatic rings. The van der Waals surface area contributed by atoms with Crippen LogP contribution in [0.2, 0.25) is 0 Å². The summed E-state index contributed by atoms with van der Waals surface area (Å²) in [5.41, 5.74) is 3.55.